The van der Waals surface area contributed by atoms with E-state index in [1.807, 2.05) is 60.7 Å². The van der Waals surface area contributed by atoms with Crippen molar-refractivity contribution in [3.8, 4) is 5.75 Å². The molecule has 0 unspecified atom stereocenters. The molecule has 0 aliphatic rings. The Morgan fingerprint density at radius 1 is 0.608 bits per heavy atom. The summed E-state index contributed by atoms with van der Waals surface area (Å²) in [7, 11) is 0. The van der Waals surface area contributed by atoms with Crippen LogP contribution in [0, 0.1) is 5.92 Å². The number of aromatic hydroxyl groups is 1. The lowest BCUT2D eigenvalue weighted by Crippen LogP contribution is -2.60. The molecule has 3 aromatic carbocycles. The largest absolute Gasteiger partial charge is 0.508 e. The van der Waals surface area contributed by atoms with Crippen molar-refractivity contribution < 1.29 is 29.1 Å². The molecule has 5 atom stereocenters. The SMILES string of the molecule is CC(C)[C@H](NC(=O)[C@H](Cc1ccccc1)NC(=O)[C@@H](N)Cc1ccccc1)C(=O)N[C@@H](Cc1ccc(O)cc1)C(=O)N[C@H](CCCCN)C(N)=O. The topological polar surface area (TPSA) is 232 Å². The lowest BCUT2D eigenvalue weighted by atomic mass is 9.99. The molecule has 13 nitrogen and oxygen atoms in total. The van der Waals surface area contributed by atoms with Crippen molar-refractivity contribution in [1.82, 2.24) is 21.3 Å². The molecule has 3 rings (SSSR count). The van der Waals surface area contributed by atoms with Gasteiger partial charge >= 0.3 is 0 Å². The van der Waals surface area contributed by atoms with Gasteiger partial charge in [0.05, 0.1) is 6.04 Å². The van der Waals surface area contributed by atoms with Crippen LogP contribution in [-0.2, 0) is 43.2 Å². The van der Waals surface area contributed by atoms with Crippen LogP contribution in [0.2, 0.25) is 0 Å². The van der Waals surface area contributed by atoms with Crippen LogP contribution in [-0.4, -0.2) is 71.4 Å². The van der Waals surface area contributed by atoms with Gasteiger partial charge < -0.3 is 43.6 Å². The predicted octanol–water partition coefficient (Wildman–Crippen LogP) is 0.957. The highest BCUT2D eigenvalue weighted by Gasteiger charge is 2.33. The average molecular weight is 702 g/mol. The van der Waals surface area contributed by atoms with Gasteiger partial charge in [0.1, 0.15) is 29.9 Å². The van der Waals surface area contributed by atoms with Gasteiger partial charge in [-0.1, -0.05) is 86.6 Å². The van der Waals surface area contributed by atoms with Crippen molar-refractivity contribution in [3.63, 3.8) is 0 Å². The van der Waals surface area contributed by atoms with Gasteiger partial charge in [0.15, 0.2) is 0 Å². The molecule has 0 bridgehead atoms. The summed E-state index contributed by atoms with van der Waals surface area (Å²) >= 11 is 0. The number of carbonyl (C=O) groups excluding carboxylic acids is 5. The van der Waals surface area contributed by atoms with Crippen LogP contribution in [0.15, 0.2) is 84.9 Å². The van der Waals surface area contributed by atoms with Crippen LogP contribution in [0.1, 0.15) is 49.8 Å². The molecule has 0 aromatic heterocycles. The van der Waals surface area contributed by atoms with E-state index in [1.165, 1.54) is 12.1 Å². The summed E-state index contributed by atoms with van der Waals surface area (Å²) in [5, 5.41) is 20.7. The Morgan fingerprint density at radius 2 is 1.08 bits per heavy atom. The van der Waals surface area contributed by atoms with Gasteiger partial charge in [-0.2, -0.15) is 0 Å². The first-order chi connectivity index (χ1) is 24.4. The maximum absolute atomic E-state index is 13.9. The molecule has 0 spiro atoms. The number of carbonyl (C=O) groups is 5. The van der Waals surface area contributed by atoms with E-state index in [1.54, 1.807) is 26.0 Å². The van der Waals surface area contributed by atoms with E-state index in [0.29, 0.717) is 24.9 Å². The Hall–Kier alpha value is -5.27. The highest BCUT2D eigenvalue weighted by molar-refractivity contribution is 5.96. The van der Waals surface area contributed by atoms with Gasteiger partial charge in [-0.3, -0.25) is 24.0 Å². The fourth-order valence-corrected chi connectivity index (χ4v) is 5.48. The summed E-state index contributed by atoms with van der Waals surface area (Å²) < 4.78 is 0. The first kappa shape index (κ1) is 40.2. The number of unbranched alkanes of at least 4 members (excludes halogenated alkanes) is 1. The standard InChI is InChI=1S/C38H51N7O6/c1-24(2)33(38(51)44-31(23-27-16-18-28(46)19-17-27)36(49)42-30(34(41)47)15-9-10-20-39)45-37(50)32(22-26-13-7-4-8-14-26)43-35(48)29(40)21-25-11-5-3-6-12-25/h3-8,11-14,16-19,24,29-33,46H,9-10,15,20-23,39-40H2,1-2H3,(H2,41,47)(H,42,49)(H,43,48)(H,44,51)(H,45,50)/t29-,30+,31-,32-,33-/m0/s1. The van der Waals surface area contributed by atoms with E-state index < -0.39 is 65.7 Å². The molecule has 0 saturated carbocycles. The number of hydrogen-bond acceptors (Lipinski definition) is 8. The molecule has 3 aromatic rings. The van der Waals surface area contributed by atoms with Gasteiger partial charge in [0.25, 0.3) is 0 Å². The zero-order valence-electron chi connectivity index (χ0n) is 29.2. The molecule has 5 amide bonds. The van der Waals surface area contributed by atoms with Crippen LogP contribution in [0.4, 0.5) is 0 Å². The third kappa shape index (κ3) is 13.5. The Morgan fingerprint density at radius 3 is 1.59 bits per heavy atom. The number of hydrogen-bond donors (Lipinski definition) is 8. The lowest BCUT2D eigenvalue weighted by Gasteiger charge is -2.28. The number of phenolic OH excluding ortho intramolecular Hbond substituents is 1. The maximum Gasteiger partial charge on any atom is 0.243 e. The molecule has 11 N–H and O–H groups in total. The van der Waals surface area contributed by atoms with Crippen molar-refractivity contribution in [2.75, 3.05) is 6.54 Å². The predicted molar refractivity (Wildman–Crippen MR) is 195 cm³/mol. The first-order valence-electron chi connectivity index (χ1n) is 17.2. The second kappa shape index (κ2) is 20.4. The van der Waals surface area contributed by atoms with Crippen LogP contribution < -0.4 is 38.5 Å². The van der Waals surface area contributed by atoms with Gasteiger partial charge in [-0.25, -0.2) is 0 Å². The lowest BCUT2D eigenvalue weighted by molar-refractivity contribution is -0.135. The third-order valence-corrected chi connectivity index (χ3v) is 8.41. The van der Waals surface area contributed by atoms with Crippen molar-refractivity contribution in [2.45, 2.75) is 82.6 Å². The van der Waals surface area contributed by atoms with E-state index >= 15 is 0 Å². The number of rotatable bonds is 20. The number of benzene rings is 3. The van der Waals surface area contributed by atoms with E-state index in [9.17, 15) is 29.1 Å². The normalized spacial score (nSPS) is 14.0. The van der Waals surface area contributed by atoms with Gasteiger partial charge in [-0.05, 0) is 67.0 Å². The van der Waals surface area contributed by atoms with E-state index in [-0.39, 0.29) is 31.4 Å². The number of primary amides is 1. The highest BCUT2D eigenvalue weighted by atomic mass is 16.3. The molecule has 0 aliphatic heterocycles. The molecule has 0 fully saturated rings. The van der Waals surface area contributed by atoms with Crippen LogP contribution >= 0.6 is 0 Å². The molecule has 0 saturated heterocycles. The Balaban J connectivity index is 1.81. The molecular formula is C38H51N7O6. The van der Waals surface area contributed by atoms with Crippen LogP contribution in [0.3, 0.4) is 0 Å². The van der Waals surface area contributed by atoms with Crippen LogP contribution in [0.5, 0.6) is 5.75 Å². The monoisotopic (exact) mass is 701 g/mol. The highest BCUT2D eigenvalue weighted by Crippen LogP contribution is 2.14. The van der Waals surface area contributed by atoms with Gasteiger partial charge in [0, 0.05) is 12.8 Å². The van der Waals surface area contributed by atoms with Gasteiger partial charge in [0.2, 0.25) is 29.5 Å². The number of phenols is 1. The molecule has 274 valence electrons. The summed E-state index contributed by atoms with van der Waals surface area (Å²) in [5.41, 5.74) is 19.6. The number of amides is 5. The number of nitrogens with one attached hydrogen (secondary N) is 4. The Kier molecular flexibility index (Phi) is 16.1. The van der Waals surface area contributed by atoms with Crippen molar-refractivity contribution >= 4 is 29.5 Å². The van der Waals surface area contributed by atoms with Crippen molar-refractivity contribution in [3.05, 3.63) is 102 Å². The molecule has 0 radical (unpaired) electrons. The Bertz CT molecular complexity index is 1570. The molecule has 13 heteroatoms. The van der Waals surface area contributed by atoms with Crippen molar-refractivity contribution in [2.24, 2.45) is 23.1 Å². The van der Waals surface area contributed by atoms with E-state index in [2.05, 4.69) is 21.3 Å². The minimum absolute atomic E-state index is 0.0108. The van der Waals surface area contributed by atoms with Crippen LogP contribution in [0.25, 0.3) is 0 Å². The molecule has 0 heterocycles. The quantitative estimate of drug-likeness (QED) is 0.0789. The third-order valence-electron chi connectivity index (χ3n) is 8.41. The molecule has 51 heavy (non-hydrogen) atoms. The first-order valence-corrected chi connectivity index (χ1v) is 17.2. The fourth-order valence-electron chi connectivity index (χ4n) is 5.48. The average Bonchev–Trinajstić information content (AvgIpc) is 3.10. The molecular weight excluding hydrogens is 650 g/mol. The summed E-state index contributed by atoms with van der Waals surface area (Å²) in [4.78, 5) is 66.7. The summed E-state index contributed by atoms with van der Waals surface area (Å²) in [6.07, 6.45) is 1.86. The molecule has 0 aliphatic carbocycles. The second-order valence-corrected chi connectivity index (χ2v) is 13.0. The zero-order chi connectivity index (χ0) is 37.3. The minimum Gasteiger partial charge on any atom is -0.508 e. The summed E-state index contributed by atoms with van der Waals surface area (Å²) in [5.74, 6) is -3.57. The van der Waals surface area contributed by atoms with Gasteiger partial charge in [-0.15, -0.1) is 0 Å². The summed E-state index contributed by atoms with van der Waals surface area (Å²) in [6.45, 7) is 3.89. The van der Waals surface area contributed by atoms with E-state index in [4.69, 9.17) is 17.2 Å². The van der Waals surface area contributed by atoms with E-state index in [0.717, 1.165) is 11.1 Å². The zero-order valence-corrected chi connectivity index (χ0v) is 29.2. The minimum atomic E-state index is -1.17. The number of nitrogens with two attached hydrogens (primary N) is 3. The Labute approximate surface area is 299 Å². The smallest absolute Gasteiger partial charge is 0.243 e. The maximum atomic E-state index is 13.9. The second-order valence-electron chi connectivity index (χ2n) is 13.0. The van der Waals surface area contributed by atoms with Crippen molar-refractivity contribution in [1.29, 1.82) is 0 Å². The summed E-state index contributed by atoms with van der Waals surface area (Å²) in [6, 6.07) is 19.2. The fraction of sp³-hybridized carbons (Fsp3) is 0.395.